The summed E-state index contributed by atoms with van der Waals surface area (Å²) in [6, 6.07) is 7.42. The van der Waals surface area contributed by atoms with E-state index in [2.05, 4.69) is 3.53 Å². The third-order valence-electron chi connectivity index (χ3n) is 1.24. The molecule has 1 rings (SSSR count). The van der Waals surface area contributed by atoms with Crippen LogP contribution < -0.4 is 3.53 Å². The van der Waals surface area contributed by atoms with Gasteiger partial charge in [-0.15, -0.1) is 0 Å². The zero-order valence-electron chi connectivity index (χ0n) is 5.47. The van der Waals surface area contributed by atoms with Gasteiger partial charge in [0, 0.05) is 22.6 Å². The Bertz CT molecular complexity index is 275. The molecule has 0 saturated carbocycles. The van der Waals surface area contributed by atoms with Gasteiger partial charge in [-0.05, 0) is 12.1 Å². The predicted octanol–water partition coefficient (Wildman–Crippen LogP) is 3.02. The zero-order valence-corrected chi connectivity index (χ0v) is 9.79. The lowest BCUT2D eigenvalue weighted by molar-refractivity contribution is 0.110. The van der Waals surface area contributed by atoms with E-state index >= 15 is 0 Å². The maximum atomic E-state index is 11.0. The molecule has 4 heteroatoms. The predicted molar refractivity (Wildman–Crippen MR) is 62.4 cm³/mol. The molecule has 0 amide bonds. The van der Waals surface area contributed by atoms with Crippen LogP contribution in [0.15, 0.2) is 24.3 Å². The maximum absolute atomic E-state index is 11.0. The Balaban J connectivity index is 3.12. The molecule has 0 fully saturated rings. The van der Waals surface area contributed by atoms with E-state index in [0.29, 0.717) is 0 Å². The number of halogens is 2. The summed E-state index contributed by atoms with van der Waals surface area (Å²) in [5.41, 5.74) is 1.59. The van der Waals surface area contributed by atoms with E-state index < -0.39 is 0 Å². The molecular weight excluding hydrogens is 368 g/mol. The zero-order chi connectivity index (χ0) is 8.27. The summed E-state index contributed by atoms with van der Waals surface area (Å²) in [5.74, 6) is 0. The van der Waals surface area contributed by atoms with Crippen molar-refractivity contribution in [2.45, 2.75) is 0 Å². The van der Waals surface area contributed by atoms with Gasteiger partial charge in [-0.3, -0.25) is 4.79 Å². The van der Waals surface area contributed by atoms with E-state index in [1.54, 1.807) is 28.7 Å². The van der Waals surface area contributed by atoms with Gasteiger partial charge < -0.3 is 3.53 Å². The van der Waals surface area contributed by atoms with E-state index in [0.717, 1.165) is 11.3 Å². The highest BCUT2D eigenvalue weighted by Gasteiger charge is 2.04. The first-order valence-corrected chi connectivity index (χ1v) is 5.07. The highest BCUT2D eigenvalue weighted by Crippen LogP contribution is 2.19. The molecule has 1 N–H and O–H groups in total. The van der Waals surface area contributed by atoms with Crippen LogP contribution in [-0.4, -0.2) is 3.79 Å². The number of hydrogen-bond donors (Lipinski definition) is 1. The number of hydrogen-bond acceptors (Lipinski definition) is 2. The number of carbonyl (C=O) groups is 1. The van der Waals surface area contributed by atoms with Gasteiger partial charge in [-0.25, -0.2) is 0 Å². The van der Waals surface area contributed by atoms with Crippen LogP contribution in [0, 0.1) is 0 Å². The highest BCUT2D eigenvalue weighted by molar-refractivity contribution is 14.1. The van der Waals surface area contributed by atoms with Crippen molar-refractivity contribution in [2.75, 3.05) is 3.53 Å². The minimum atomic E-state index is 0.0577. The Morgan fingerprint density at radius 1 is 1.36 bits per heavy atom. The molecule has 0 bridgehead atoms. The van der Waals surface area contributed by atoms with Crippen LogP contribution in [0.2, 0.25) is 0 Å². The van der Waals surface area contributed by atoms with Crippen LogP contribution in [0.1, 0.15) is 10.4 Å². The second-order valence-corrected chi connectivity index (χ2v) is 3.43. The Morgan fingerprint density at radius 2 is 2.00 bits per heavy atom. The van der Waals surface area contributed by atoms with E-state index in [4.69, 9.17) is 0 Å². The Labute approximate surface area is 92.4 Å². The van der Waals surface area contributed by atoms with Crippen molar-refractivity contribution in [1.82, 2.24) is 0 Å². The SMILES string of the molecule is O=C(I)c1ccccc1NI. The molecule has 0 aliphatic carbocycles. The van der Waals surface area contributed by atoms with Gasteiger partial charge in [0.1, 0.15) is 0 Å². The Hall–Kier alpha value is 0.150. The molecule has 0 saturated heterocycles. The third-order valence-corrected chi connectivity index (χ3v) is 2.40. The Kier molecular flexibility index (Phi) is 3.57. The first-order valence-electron chi connectivity index (χ1n) is 2.91. The van der Waals surface area contributed by atoms with Crippen molar-refractivity contribution in [3.8, 4) is 0 Å². The standard InChI is InChI=1S/C7H5I2NO/c8-7(11)5-3-1-2-4-6(5)10-9/h1-4,10H. The first-order chi connectivity index (χ1) is 5.25. The average molecular weight is 373 g/mol. The molecular formula is C7H5I2NO. The van der Waals surface area contributed by atoms with E-state index in [-0.39, 0.29) is 3.79 Å². The van der Waals surface area contributed by atoms with Crippen LogP contribution in [0.25, 0.3) is 0 Å². The fraction of sp³-hybridized carbons (Fsp3) is 0. The summed E-state index contributed by atoms with van der Waals surface area (Å²) in [5, 5.41) is 0. The van der Waals surface area contributed by atoms with Gasteiger partial charge >= 0.3 is 0 Å². The average Bonchev–Trinajstić information content (AvgIpc) is 2.04. The van der Waals surface area contributed by atoms with Crippen LogP contribution in [0.4, 0.5) is 5.69 Å². The number of benzene rings is 1. The minimum Gasteiger partial charge on any atom is -0.328 e. The second kappa shape index (κ2) is 4.24. The summed E-state index contributed by atoms with van der Waals surface area (Å²) < 4.78 is 2.98. The van der Waals surface area contributed by atoms with Crippen molar-refractivity contribution >= 4 is 54.9 Å². The normalized spacial score (nSPS) is 9.27. The van der Waals surface area contributed by atoms with Crippen molar-refractivity contribution < 1.29 is 4.79 Å². The largest absolute Gasteiger partial charge is 0.328 e. The van der Waals surface area contributed by atoms with Crippen LogP contribution in [0.3, 0.4) is 0 Å². The van der Waals surface area contributed by atoms with Crippen molar-refractivity contribution in [3.63, 3.8) is 0 Å². The van der Waals surface area contributed by atoms with E-state index in [1.165, 1.54) is 0 Å². The first kappa shape index (κ1) is 9.24. The summed E-state index contributed by atoms with van der Waals surface area (Å²) in [4.78, 5) is 11.0. The molecule has 0 aliphatic heterocycles. The number of carbonyl (C=O) groups excluding carboxylic acids is 1. The third kappa shape index (κ3) is 2.29. The summed E-state index contributed by atoms with van der Waals surface area (Å²) in [7, 11) is 0. The maximum Gasteiger partial charge on any atom is 0.224 e. The summed E-state index contributed by atoms with van der Waals surface area (Å²) in [6.07, 6.45) is 0. The van der Waals surface area contributed by atoms with Gasteiger partial charge in [-0.1, -0.05) is 12.1 Å². The van der Waals surface area contributed by atoms with Crippen LogP contribution >= 0.6 is 45.5 Å². The second-order valence-electron chi connectivity index (χ2n) is 1.91. The monoisotopic (exact) mass is 373 g/mol. The lowest BCUT2D eigenvalue weighted by Gasteiger charge is -2.01. The molecule has 1 aromatic rings. The van der Waals surface area contributed by atoms with Gasteiger partial charge in [0.05, 0.1) is 34.1 Å². The Morgan fingerprint density at radius 3 is 2.45 bits per heavy atom. The van der Waals surface area contributed by atoms with Gasteiger partial charge in [0.15, 0.2) is 0 Å². The fourth-order valence-electron chi connectivity index (χ4n) is 0.737. The summed E-state index contributed by atoms with van der Waals surface area (Å²) in [6.45, 7) is 0. The molecule has 1 aromatic carbocycles. The van der Waals surface area contributed by atoms with Gasteiger partial charge in [0.2, 0.25) is 3.79 Å². The van der Waals surface area contributed by atoms with Crippen molar-refractivity contribution in [2.24, 2.45) is 0 Å². The quantitative estimate of drug-likeness (QED) is 0.491. The molecule has 11 heavy (non-hydrogen) atoms. The molecule has 0 aromatic heterocycles. The fourth-order valence-corrected chi connectivity index (χ4v) is 1.68. The van der Waals surface area contributed by atoms with Crippen LogP contribution in [-0.2, 0) is 0 Å². The molecule has 0 radical (unpaired) electrons. The lowest BCUT2D eigenvalue weighted by atomic mass is 10.2. The number of nitrogens with one attached hydrogen (secondary N) is 1. The molecule has 0 aliphatic rings. The molecule has 0 atom stereocenters. The van der Waals surface area contributed by atoms with Crippen molar-refractivity contribution in [1.29, 1.82) is 0 Å². The van der Waals surface area contributed by atoms with Crippen molar-refractivity contribution in [3.05, 3.63) is 29.8 Å². The molecule has 58 valence electrons. The number of rotatable bonds is 2. The molecule has 0 heterocycles. The smallest absolute Gasteiger partial charge is 0.224 e. The molecule has 0 unspecified atom stereocenters. The van der Waals surface area contributed by atoms with E-state index in [1.807, 2.05) is 41.1 Å². The molecule has 0 spiro atoms. The summed E-state index contributed by atoms with van der Waals surface area (Å²) >= 11 is 3.78. The highest BCUT2D eigenvalue weighted by atomic mass is 127. The molecule has 2 nitrogen and oxygen atoms in total. The topological polar surface area (TPSA) is 29.1 Å². The van der Waals surface area contributed by atoms with Gasteiger partial charge in [0.25, 0.3) is 0 Å². The van der Waals surface area contributed by atoms with Crippen LogP contribution in [0.5, 0.6) is 0 Å². The van der Waals surface area contributed by atoms with E-state index in [9.17, 15) is 4.79 Å². The number of anilines is 1. The van der Waals surface area contributed by atoms with Gasteiger partial charge in [-0.2, -0.15) is 0 Å². The minimum absolute atomic E-state index is 0.0577. The number of para-hydroxylation sites is 1. The lowest BCUT2D eigenvalue weighted by Crippen LogP contribution is -1.92.